The topological polar surface area (TPSA) is 41.5 Å². The predicted molar refractivity (Wildman–Crippen MR) is 60.6 cm³/mol. The molecule has 96 valence electrons. The lowest BCUT2D eigenvalue weighted by molar-refractivity contribution is 0.0594. The summed E-state index contributed by atoms with van der Waals surface area (Å²) in [6, 6.07) is 3.40. The molecular formula is C12H17F2NO2. The van der Waals surface area contributed by atoms with Crippen LogP contribution in [0.25, 0.3) is 0 Å². The first-order chi connectivity index (χ1) is 8.11. The third-order valence-electron chi connectivity index (χ3n) is 2.26. The molecule has 0 saturated heterocycles. The number of aliphatic hydroxyl groups is 1. The first kappa shape index (κ1) is 14.0. The molecule has 0 saturated carbocycles. The molecular weight excluding hydrogens is 228 g/mol. The lowest BCUT2D eigenvalue weighted by Gasteiger charge is -2.10. The predicted octanol–water partition coefficient (Wildman–Crippen LogP) is 1.45. The minimum absolute atomic E-state index is 0.288. The van der Waals surface area contributed by atoms with Crippen molar-refractivity contribution in [2.75, 3.05) is 20.3 Å². The zero-order chi connectivity index (χ0) is 12.7. The van der Waals surface area contributed by atoms with Crippen LogP contribution in [-0.2, 0) is 11.3 Å². The molecule has 5 heteroatoms. The van der Waals surface area contributed by atoms with Crippen molar-refractivity contribution in [3.05, 3.63) is 35.4 Å². The summed E-state index contributed by atoms with van der Waals surface area (Å²) in [5, 5.41) is 12.3. The highest BCUT2D eigenvalue weighted by molar-refractivity contribution is 5.17. The van der Waals surface area contributed by atoms with E-state index in [-0.39, 0.29) is 6.61 Å². The van der Waals surface area contributed by atoms with Crippen molar-refractivity contribution in [1.29, 1.82) is 0 Å². The Morgan fingerprint density at radius 1 is 1.29 bits per heavy atom. The van der Waals surface area contributed by atoms with Crippen LogP contribution < -0.4 is 5.32 Å². The summed E-state index contributed by atoms with van der Waals surface area (Å²) in [6.45, 7) is 1.22. The van der Waals surface area contributed by atoms with E-state index >= 15 is 0 Å². The summed E-state index contributed by atoms with van der Waals surface area (Å²) >= 11 is 0. The Balaban J connectivity index is 2.26. The van der Waals surface area contributed by atoms with Gasteiger partial charge in [-0.1, -0.05) is 0 Å². The van der Waals surface area contributed by atoms with Crippen molar-refractivity contribution in [3.63, 3.8) is 0 Å². The highest BCUT2D eigenvalue weighted by atomic mass is 19.1. The van der Waals surface area contributed by atoms with Gasteiger partial charge >= 0.3 is 0 Å². The van der Waals surface area contributed by atoms with Crippen LogP contribution in [0, 0.1) is 11.6 Å². The van der Waals surface area contributed by atoms with Gasteiger partial charge in [-0.05, 0) is 30.7 Å². The maximum Gasteiger partial charge on any atom is 0.126 e. The lowest BCUT2D eigenvalue weighted by Crippen LogP contribution is -2.23. The second-order valence-electron chi connectivity index (χ2n) is 3.85. The van der Waals surface area contributed by atoms with Crippen LogP contribution in [-0.4, -0.2) is 31.5 Å². The van der Waals surface area contributed by atoms with Crippen LogP contribution in [0.4, 0.5) is 8.78 Å². The van der Waals surface area contributed by atoms with Crippen molar-refractivity contribution in [3.8, 4) is 0 Å². The van der Waals surface area contributed by atoms with E-state index in [1.165, 1.54) is 19.2 Å². The van der Waals surface area contributed by atoms with E-state index in [4.69, 9.17) is 4.74 Å². The Morgan fingerprint density at radius 3 is 2.53 bits per heavy atom. The van der Waals surface area contributed by atoms with Crippen LogP contribution in [0.5, 0.6) is 0 Å². The molecule has 0 spiro atoms. The molecule has 0 fully saturated rings. The summed E-state index contributed by atoms with van der Waals surface area (Å²) in [5.41, 5.74) is 0.545. The molecule has 17 heavy (non-hydrogen) atoms. The maximum atomic E-state index is 12.8. The average molecular weight is 245 g/mol. The number of rotatable bonds is 7. The molecule has 0 aliphatic rings. The van der Waals surface area contributed by atoms with Gasteiger partial charge in [0.15, 0.2) is 0 Å². The van der Waals surface area contributed by atoms with Gasteiger partial charge in [0.1, 0.15) is 11.6 Å². The number of aliphatic hydroxyl groups excluding tert-OH is 1. The molecule has 1 rings (SSSR count). The number of nitrogens with one attached hydrogen (secondary N) is 1. The molecule has 0 bridgehead atoms. The molecule has 3 nitrogen and oxygen atoms in total. The monoisotopic (exact) mass is 245 g/mol. The summed E-state index contributed by atoms with van der Waals surface area (Å²) in [4.78, 5) is 0. The van der Waals surface area contributed by atoms with Gasteiger partial charge < -0.3 is 15.2 Å². The molecule has 1 aromatic carbocycles. The van der Waals surface area contributed by atoms with Gasteiger partial charge in [0.25, 0.3) is 0 Å². The Kier molecular flexibility index (Phi) is 6.04. The van der Waals surface area contributed by atoms with Crippen LogP contribution in [0.1, 0.15) is 12.0 Å². The van der Waals surface area contributed by atoms with Gasteiger partial charge in [0.05, 0.1) is 12.7 Å². The van der Waals surface area contributed by atoms with Crippen molar-refractivity contribution in [2.24, 2.45) is 0 Å². The highest BCUT2D eigenvalue weighted by Gasteiger charge is 2.03. The third-order valence-corrected chi connectivity index (χ3v) is 2.26. The zero-order valence-corrected chi connectivity index (χ0v) is 9.75. The minimum atomic E-state index is -0.582. The Bertz CT molecular complexity index is 327. The Morgan fingerprint density at radius 2 is 1.94 bits per heavy atom. The number of ether oxygens (including phenoxy) is 1. The van der Waals surface area contributed by atoms with Gasteiger partial charge in [-0.15, -0.1) is 0 Å². The standard InChI is InChI=1S/C12H17F2NO2/c1-17-8-12(16)2-3-15-7-9-4-10(13)6-11(14)5-9/h4-6,12,15-16H,2-3,7-8H2,1H3. The van der Waals surface area contributed by atoms with Crippen LogP contribution in [0.3, 0.4) is 0 Å². The third kappa shape index (κ3) is 5.72. The quantitative estimate of drug-likeness (QED) is 0.714. The van der Waals surface area contributed by atoms with Crippen molar-refractivity contribution in [2.45, 2.75) is 19.1 Å². The summed E-state index contributed by atoms with van der Waals surface area (Å²) in [6.07, 6.45) is 0.0165. The second-order valence-corrected chi connectivity index (χ2v) is 3.85. The van der Waals surface area contributed by atoms with Crippen molar-refractivity contribution < 1.29 is 18.6 Å². The van der Waals surface area contributed by atoms with Crippen LogP contribution >= 0.6 is 0 Å². The highest BCUT2D eigenvalue weighted by Crippen LogP contribution is 2.07. The minimum Gasteiger partial charge on any atom is -0.391 e. The first-order valence-electron chi connectivity index (χ1n) is 5.44. The zero-order valence-electron chi connectivity index (χ0n) is 9.75. The molecule has 0 aliphatic carbocycles. The van der Waals surface area contributed by atoms with E-state index in [9.17, 15) is 13.9 Å². The van der Waals surface area contributed by atoms with E-state index in [0.717, 1.165) is 6.07 Å². The van der Waals surface area contributed by atoms with Crippen LogP contribution in [0.2, 0.25) is 0 Å². The van der Waals surface area contributed by atoms with Gasteiger partial charge in [0, 0.05) is 19.7 Å². The number of methoxy groups -OCH3 is 1. The summed E-state index contributed by atoms with van der Waals surface area (Å²) in [5.74, 6) is -1.16. The molecule has 1 unspecified atom stereocenters. The van der Waals surface area contributed by atoms with Crippen LogP contribution in [0.15, 0.2) is 18.2 Å². The molecule has 0 heterocycles. The van der Waals surface area contributed by atoms with Gasteiger partial charge in [-0.25, -0.2) is 8.78 Å². The number of benzene rings is 1. The largest absolute Gasteiger partial charge is 0.391 e. The summed E-state index contributed by atoms with van der Waals surface area (Å²) < 4.78 is 30.5. The van der Waals surface area contributed by atoms with Gasteiger partial charge in [-0.2, -0.15) is 0 Å². The molecule has 2 N–H and O–H groups in total. The first-order valence-corrected chi connectivity index (χ1v) is 5.44. The van der Waals surface area contributed by atoms with Crippen molar-refractivity contribution >= 4 is 0 Å². The fourth-order valence-corrected chi connectivity index (χ4v) is 1.49. The Hall–Kier alpha value is -1.04. The maximum absolute atomic E-state index is 12.8. The average Bonchev–Trinajstić information content (AvgIpc) is 2.23. The molecule has 0 radical (unpaired) electrons. The van der Waals surface area contributed by atoms with Gasteiger partial charge in [0.2, 0.25) is 0 Å². The fourth-order valence-electron chi connectivity index (χ4n) is 1.49. The van der Waals surface area contributed by atoms with Crippen molar-refractivity contribution in [1.82, 2.24) is 5.32 Å². The molecule has 1 atom stereocenters. The van der Waals surface area contributed by atoms with E-state index < -0.39 is 17.7 Å². The Labute approximate surface area is 99.4 Å². The fraction of sp³-hybridized carbons (Fsp3) is 0.500. The van der Waals surface area contributed by atoms with E-state index in [0.29, 0.717) is 25.1 Å². The normalized spacial score (nSPS) is 12.7. The second kappa shape index (κ2) is 7.32. The lowest BCUT2D eigenvalue weighted by atomic mass is 10.2. The van der Waals surface area contributed by atoms with E-state index in [2.05, 4.69) is 5.32 Å². The number of hydrogen-bond donors (Lipinski definition) is 2. The molecule has 1 aromatic rings. The van der Waals surface area contributed by atoms with Gasteiger partial charge in [-0.3, -0.25) is 0 Å². The number of halogens is 2. The smallest absolute Gasteiger partial charge is 0.126 e. The number of hydrogen-bond acceptors (Lipinski definition) is 3. The molecule has 0 amide bonds. The molecule has 0 aliphatic heterocycles. The van der Waals surface area contributed by atoms with E-state index in [1.54, 1.807) is 0 Å². The SMILES string of the molecule is COCC(O)CCNCc1cc(F)cc(F)c1. The summed E-state index contributed by atoms with van der Waals surface area (Å²) in [7, 11) is 1.52. The van der Waals surface area contributed by atoms with E-state index in [1.807, 2.05) is 0 Å². The molecule has 0 aromatic heterocycles.